The summed E-state index contributed by atoms with van der Waals surface area (Å²) < 4.78 is 1.61. The number of aryl methyl sites for hydroxylation is 2. The molecule has 100 valence electrons. The summed E-state index contributed by atoms with van der Waals surface area (Å²) in [5, 5.41) is 20.7. The molecule has 0 bridgehead atoms. The molecular formula is C12H14N4O2S. The summed E-state index contributed by atoms with van der Waals surface area (Å²) in [6.45, 7) is 4.05. The molecule has 1 aromatic carbocycles. The van der Waals surface area contributed by atoms with Crippen molar-refractivity contribution in [2.45, 2.75) is 25.4 Å². The van der Waals surface area contributed by atoms with Gasteiger partial charge in [-0.05, 0) is 34.9 Å². The lowest BCUT2D eigenvalue weighted by Crippen LogP contribution is -2.07. The van der Waals surface area contributed by atoms with Crippen LogP contribution >= 0.6 is 11.8 Å². The van der Waals surface area contributed by atoms with Crippen molar-refractivity contribution in [2.24, 2.45) is 0 Å². The Hall–Kier alpha value is -1.89. The zero-order chi connectivity index (χ0) is 13.8. The first-order chi connectivity index (χ1) is 9.13. The number of hydrogen-bond donors (Lipinski definition) is 1. The maximum atomic E-state index is 10.6. The maximum Gasteiger partial charge on any atom is 0.313 e. The third-order valence-corrected chi connectivity index (χ3v) is 3.58. The average Bonchev–Trinajstić information content (AvgIpc) is 2.83. The van der Waals surface area contributed by atoms with Crippen LogP contribution in [0.5, 0.6) is 0 Å². The van der Waals surface area contributed by atoms with Crippen LogP contribution in [0.2, 0.25) is 0 Å². The van der Waals surface area contributed by atoms with Gasteiger partial charge in [0.15, 0.2) is 0 Å². The second-order valence-electron chi connectivity index (χ2n) is 3.99. The van der Waals surface area contributed by atoms with E-state index in [1.165, 1.54) is 0 Å². The summed E-state index contributed by atoms with van der Waals surface area (Å²) in [6, 6.07) is 6.00. The predicted octanol–water partition coefficient (Wildman–Crippen LogP) is 1.71. The molecule has 0 radical (unpaired) electrons. The fraction of sp³-hybridized carbons (Fsp3) is 0.333. The zero-order valence-corrected chi connectivity index (χ0v) is 11.5. The van der Waals surface area contributed by atoms with E-state index in [1.807, 2.05) is 25.1 Å². The van der Waals surface area contributed by atoms with Gasteiger partial charge in [-0.3, -0.25) is 4.79 Å². The molecule has 0 saturated heterocycles. The molecule has 1 heterocycles. The number of para-hydroxylation sites is 1. The quantitative estimate of drug-likeness (QED) is 0.839. The molecule has 6 nitrogen and oxygen atoms in total. The Bertz CT molecular complexity index is 597. The molecule has 0 aliphatic carbocycles. The van der Waals surface area contributed by atoms with Gasteiger partial charge in [-0.15, -0.1) is 5.10 Å². The average molecular weight is 278 g/mol. The molecule has 0 aliphatic heterocycles. The number of thioether (sulfide) groups is 1. The number of carboxylic acid groups (broad SMARTS) is 1. The Morgan fingerprint density at radius 2 is 2.26 bits per heavy atom. The van der Waals surface area contributed by atoms with Crippen LogP contribution in [0.4, 0.5) is 0 Å². The highest BCUT2D eigenvalue weighted by molar-refractivity contribution is 7.99. The number of aromatic nitrogens is 4. The summed E-state index contributed by atoms with van der Waals surface area (Å²) >= 11 is 1.11. The number of hydrogen-bond acceptors (Lipinski definition) is 5. The third-order valence-electron chi connectivity index (χ3n) is 2.68. The largest absolute Gasteiger partial charge is 0.481 e. The Morgan fingerprint density at radius 3 is 2.95 bits per heavy atom. The summed E-state index contributed by atoms with van der Waals surface area (Å²) in [5.74, 6) is -0.951. The number of benzene rings is 1. The third kappa shape index (κ3) is 2.93. The number of tetrazole rings is 1. The van der Waals surface area contributed by atoms with E-state index in [1.54, 1.807) is 4.68 Å². The fourth-order valence-corrected chi connectivity index (χ4v) is 2.44. The molecule has 0 saturated carbocycles. The first-order valence-corrected chi connectivity index (χ1v) is 6.84. The molecule has 1 aromatic heterocycles. The van der Waals surface area contributed by atoms with Crippen LogP contribution in [-0.2, 0) is 11.2 Å². The van der Waals surface area contributed by atoms with Gasteiger partial charge in [0.05, 0.1) is 11.4 Å². The van der Waals surface area contributed by atoms with E-state index < -0.39 is 5.97 Å². The minimum atomic E-state index is -0.889. The molecule has 0 aliphatic rings. The number of carboxylic acids is 1. The summed E-state index contributed by atoms with van der Waals surface area (Å²) in [6.07, 6.45) is 0.861. The Balaban J connectivity index is 2.42. The second-order valence-corrected chi connectivity index (χ2v) is 4.93. The minimum Gasteiger partial charge on any atom is -0.481 e. The van der Waals surface area contributed by atoms with Gasteiger partial charge in [0, 0.05) is 0 Å². The van der Waals surface area contributed by atoms with Gasteiger partial charge in [0.2, 0.25) is 5.16 Å². The van der Waals surface area contributed by atoms with Gasteiger partial charge >= 0.3 is 5.97 Å². The van der Waals surface area contributed by atoms with E-state index in [2.05, 4.69) is 22.4 Å². The molecule has 0 atom stereocenters. The second kappa shape index (κ2) is 5.83. The van der Waals surface area contributed by atoms with Crippen molar-refractivity contribution < 1.29 is 9.90 Å². The highest BCUT2D eigenvalue weighted by Gasteiger charge is 2.15. The van der Waals surface area contributed by atoms with Crippen LogP contribution in [0.15, 0.2) is 23.4 Å². The molecule has 2 aromatic rings. The molecule has 0 fully saturated rings. The standard InChI is InChI=1S/C12H14N4O2S/c1-3-9-6-4-5-8(2)11(9)16-12(13-14-15-16)19-7-10(17)18/h4-6H,3,7H2,1-2H3,(H,17,18). The topological polar surface area (TPSA) is 80.9 Å². The maximum absolute atomic E-state index is 10.6. The van der Waals surface area contributed by atoms with Gasteiger partial charge in [0.25, 0.3) is 0 Å². The lowest BCUT2D eigenvalue weighted by Gasteiger charge is -2.11. The van der Waals surface area contributed by atoms with Crippen LogP contribution in [0, 0.1) is 6.92 Å². The fourth-order valence-electron chi connectivity index (χ4n) is 1.84. The smallest absolute Gasteiger partial charge is 0.313 e. The number of aliphatic carboxylic acids is 1. The molecule has 0 amide bonds. The minimum absolute atomic E-state index is 0.0618. The van der Waals surface area contributed by atoms with E-state index in [4.69, 9.17) is 5.11 Å². The van der Waals surface area contributed by atoms with Gasteiger partial charge in [-0.2, -0.15) is 4.68 Å². The van der Waals surface area contributed by atoms with E-state index in [0.717, 1.165) is 35.0 Å². The van der Waals surface area contributed by atoms with Crippen molar-refractivity contribution in [3.63, 3.8) is 0 Å². The first-order valence-electron chi connectivity index (χ1n) is 5.85. The summed E-state index contributed by atoms with van der Waals surface area (Å²) in [7, 11) is 0. The van der Waals surface area contributed by atoms with Crippen molar-refractivity contribution in [1.82, 2.24) is 20.2 Å². The van der Waals surface area contributed by atoms with Crippen molar-refractivity contribution >= 4 is 17.7 Å². The molecule has 2 rings (SSSR count). The van der Waals surface area contributed by atoms with Crippen LogP contribution in [0.1, 0.15) is 18.1 Å². The molecular weight excluding hydrogens is 264 g/mol. The van der Waals surface area contributed by atoms with E-state index >= 15 is 0 Å². The molecule has 7 heteroatoms. The first kappa shape index (κ1) is 13.5. The van der Waals surface area contributed by atoms with Gasteiger partial charge < -0.3 is 5.11 Å². The van der Waals surface area contributed by atoms with Crippen LogP contribution in [0.3, 0.4) is 0 Å². The van der Waals surface area contributed by atoms with E-state index in [9.17, 15) is 4.79 Å². The lowest BCUT2D eigenvalue weighted by atomic mass is 10.1. The highest BCUT2D eigenvalue weighted by atomic mass is 32.2. The SMILES string of the molecule is CCc1cccc(C)c1-n1nnnc1SCC(=O)O. The predicted molar refractivity (Wildman–Crippen MR) is 71.6 cm³/mol. The van der Waals surface area contributed by atoms with Crippen molar-refractivity contribution in [3.05, 3.63) is 29.3 Å². The monoisotopic (exact) mass is 278 g/mol. The van der Waals surface area contributed by atoms with Gasteiger partial charge in [-0.1, -0.05) is 36.9 Å². The molecule has 0 spiro atoms. The summed E-state index contributed by atoms with van der Waals surface area (Å²) in [5.41, 5.74) is 3.12. The van der Waals surface area contributed by atoms with Crippen LogP contribution in [-0.4, -0.2) is 37.0 Å². The lowest BCUT2D eigenvalue weighted by molar-refractivity contribution is -0.133. The summed E-state index contributed by atoms with van der Waals surface area (Å²) in [4.78, 5) is 10.6. The van der Waals surface area contributed by atoms with Crippen molar-refractivity contribution in [2.75, 3.05) is 5.75 Å². The number of nitrogens with zero attached hydrogens (tertiary/aromatic N) is 4. The van der Waals surface area contributed by atoms with Gasteiger partial charge in [0.1, 0.15) is 0 Å². The zero-order valence-electron chi connectivity index (χ0n) is 10.7. The van der Waals surface area contributed by atoms with Crippen LogP contribution in [0.25, 0.3) is 5.69 Å². The Kier molecular flexibility index (Phi) is 4.16. The Morgan fingerprint density at radius 1 is 1.47 bits per heavy atom. The Labute approximate surface area is 114 Å². The number of carbonyl (C=O) groups is 1. The molecule has 19 heavy (non-hydrogen) atoms. The molecule has 1 N–H and O–H groups in total. The molecule has 0 unspecified atom stereocenters. The van der Waals surface area contributed by atoms with Crippen molar-refractivity contribution in [3.8, 4) is 5.69 Å². The van der Waals surface area contributed by atoms with Crippen molar-refractivity contribution in [1.29, 1.82) is 0 Å². The van der Waals surface area contributed by atoms with E-state index in [0.29, 0.717) is 5.16 Å². The number of rotatable bonds is 5. The highest BCUT2D eigenvalue weighted by Crippen LogP contribution is 2.24. The normalized spacial score (nSPS) is 10.6. The van der Waals surface area contributed by atoms with Crippen LogP contribution < -0.4 is 0 Å². The van der Waals surface area contributed by atoms with Gasteiger partial charge in [-0.25, -0.2) is 0 Å². The van der Waals surface area contributed by atoms with E-state index in [-0.39, 0.29) is 5.75 Å².